The highest BCUT2D eigenvalue weighted by molar-refractivity contribution is 7.81. The van der Waals surface area contributed by atoms with Gasteiger partial charge >= 0.3 is 20.8 Å². The van der Waals surface area contributed by atoms with Gasteiger partial charge in [-0.2, -0.15) is 16.8 Å². The van der Waals surface area contributed by atoms with Gasteiger partial charge in [-0.1, -0.05) is 0 Å². The Morgan fingerprint density at radius 1 is 1.00 bits per heavy atom. The quantitative estimate of drug-likeness (QED) is 0.320. The summed E-state index contributed by atoms with van der Waals surface area (Å²) in [6.45, 7) is -2.02. The lowest BCUT2D eigenvalue weighted by atomic mass is 10.4. The molecule has 0 rings (SSSR count). The molecule has 104 valence electrons. The van der Waals surface area contributed by atoms with E-state index in [4.69, 9.17) is 9.11 Å². The molecule has 0 bridgehead atoms. The summed E-state index contributed by atoms with van der Waals surface area (Å²) in [6, 6.07) is 0. The van der Waals surface area contributed by atoms with E-state index in [9.17, 15) is 25.3 Å². The van der Waals surface area contributed by atoms with Crippen molar-refractivity contribution < 1.29 is 46.9 Å². The summed E-state index contributed by atoms with van der Waals surface area (Å²) in [5.74, 6) is 0. The van der Waals surface area contributed by atoms with E-state index >= 15 is 0 Å². The largest absolute Gasteiger partial charge is 0.397 e. The molecule has 0 fully saturated rings. The maximum absolute atomic E-state index is 10.3. The van der Waals surface area contributed by atoms with Crippen LogP contribution in [0.25, 0.3) is 0 Å². The predicted octanol–water partition coefficient (Wildman–Crippen LogP) is -2.46. The van der Waals surface area contributed by atoms with Crippen LogP contribution in [-0.4, -0.2) is 53.7 Å². The van der Waals surface area contributed by atoms with E-state index in [1.165, 1.54) is 0 Å². The van der Waals surface area contributed by atoms with Crippen LogP contribution in [0.3, 0.4) is 0 Å². The summed E-state index contributed by atoms with van der Waals surface area (Å²) >= 11 is 0. The van der Waals surface area contributed by atoms with Crippen LogP contribution in [0.1, 0.15) is 0 Å². The second kappa shape index (κ2) is 6.55. The lowest BCUT2D eigenvalue weighted by Crippen LogP contribution is -2.29. The highest BCUT2D eigenvalue weighted by Gasteiger charge is 2.21. The fourth-order valence-corrected chi connectivity index (χ4v) is 1.65. The first-order valence-electron chi connectivity index (χ1n) is 3.54. The van der Waals surface area contributed by atoms with E-state index in [1.54, 1.807) is 0 Å². The Hall–Kier alpha value is -0.350. The van der Waals surface area contributed by atoms with Crippen molar-refractivity contribution in [3.63, 3.8) is 0 Å². The molecule has 0 aromatic rings. The molecule has 0 saturated heterocycles. The van der Waals surface area contributed by atoms with Crippen molar-refractivity contribution >= 4 is 31.8 Å². The highest BCUT2D eigenvalue weighted by Crippen LogP contribution is 2.02. The number of hydrogen-bond donors (Lipinski definition) is 3. The number of thiol groups is 1. The molecule has 0 saturated carbocycles. The van der Waals surface area contributed by atoms with Gasteiger partial charge in [0.05, 0.1) is 13.2 Å². The van der Waals surface area contributed by atoms with Crippen molar-refractivity contribution in [3.05, 3.63) is 0 Å². The average Bonchev–Trinajstić information content (AvgIpc) is 2.06. The Labute approximate surface area is 98.4 Å². The molecule has 17 heavy (non-hydrogen) atoms. The zero-order valence-electron chi connectivity index (χ0n) is 7.82. The molecule has 0 aliphatic carbocycles. The minimum atomic E-state index is -4.97. The van der Waals surface area contributed by atoms with Crippen LogP contribution in [0.15, 0.2) is 0 Å². The van der Waals surface area contributed by atoms with Crippen molar-refractivity contribution in [3.8, 4) is 0 Å². The topological polar surface area (TPSA) is 171 Å². The molecule has 11 nitrogen and oxygen atoms in total. The first kappa shape index (κ1) is 16.6. The fraction of sp³-hybridized carbons (Fsp3) is 1.00. The lowest BCUT2D eigenvalue weighted by Gasteiger charge is -2.12. The summed E-state index contributed by atoms with van der Waals surface area (Å²) < 4.78 is 88.7. The Balaban J connectivity index is 4.50. The van der Waals surface area contributed by atoms with Crippen LogP contribution in [0.2, 0.25) is 0 Å². The van der Waals surface area contributed by atoms with Gasteiger partial charge in [-0.15, -0.1) is 0 Å². The highest BCUT2D eigenvalue weighted by atomic mass is 32.3. The first-order chi connectivity index (χ1) is 7.49. The molecular weight excluding hydrogens is 308 g/mol. The van der Waals surface area contributed by atoms with Gasteiger partial charge < -0.3 is 0 Å². The van der Waals surface area contributed by atoms with Crippen molar-refractivity contribution in [1.82, 2.24) is 0 Å². The van der Waals surface area contributed by atoms with Crippen molar-refractivity contribution in [2.45, 2.75) is 6.10 Å². The zero-order valence-corrected chi connectivity index (χ0v) is 10.4. The fourth-order valence-electron chi connectivity index (χ4n) is 0.582. The summed E-state index contributed by atoms with van der Waals surface area (Å²) in [4.78, 5) is 0. The monoisotopic (exact) mass is 316 g/mol. The third-order valence-corrected chi connectivity index (χ3v) is 2.34. The third-order valence-electron chi connectivity index (χ3n) is 1.03. The van der Waals surface area contributed by atoms with Crippen LogP contribution in [0.4, 0.5) is 0 Å². The lowest BCUT2D eigenvalue weighted by molar-refractivity contribution is 0.0771. The summed E-state index contributed by atoms with van der Waals surface area (Å²) in [7, 11) is -13.2. The normalized spacial score (nSPS) is 15.0. The van der Waals surface area contributed by atoms with E-state index in [0.717, 1.165) is 0 Å². The molecule has 14 heteroatoms. The molecule has 2 N–H and O–H groups in total. The van der Waals surface area contributed by atoms with Gasteiger partial charge in [0.1, 0.15) is 6.10 Å². The minimum Gasteiger partial charge on any atom is -0.269 e. The molecule has 0 amide bonds. The smallest absolute Gasteiger partial charge is 0.269 e. The Kier molecular flexibility index (Phi) is 6.41. The number of hydrogen-bond acceptors (Lipinski definition) is 9. The molecule has 0 aliphatic heterocycles. The molecule has 0 heterocycles. The van der Waals surface area contributed by atoms with Crippen LogP contribution in [-0.2, 0) is 44.3 Å². The standard InChI is InChI=1S/C3H8O11S3/c4-15(5)12-1-3(14-17(9,10)11)2-13-16(6,7)8/h3,15H,1-2H2,(H,6,7,8)(H,9,10,11). The van der Waals surface area contributed by atoms with E-state index in [-0.39, 0.29) is 0 Å². The van der Waals surface area contributed by atoms with Crippen molar-refractivity contribution in [2.24, 2.45) is 0 Å². The van der Waals surface area contributed by atoms with Crippen LogP contribution in [0.5, 0.6) is 0 Å². The molecule has 0 aliphatic rings. The van der Waals surface area contributed by atoms with Crippen molar-refractivity contribution in [1.29, 1.82) is 0 Å². The second-order valence-corrected chi connectivity index (χ2v) is 5.22. The maximum Gasteiger partial charge on any atom is 0.397 e. The molecule has 0 spiro atoms. The van der Waals surface area contributed by atoms with Gasteiger partial charge in [-0.05, 0) is 0 Å². The molecule has 0 aromatic carbocycles. The van der Waals surface area contributed by atoms with Gasteiger partial charge in [-0.25, -0.2) is 16.8 Å². The van der Waals surface area contributed by atoms with E-state index in [0.29, 0.717) is 0 Å². The Morgan fingerprint density at radius 3 is 1.88 bits per heavy atom. The third kappa shape index (κ3) is 11.9. The Bertz CT molecular complexity index is 488. The summed E-state index contributed by atoms with van der Waals surface area (Å²) in [5, 5.41) is 0. The SMILES string of the molecule is O=[SH](=O)OCC(COS(=O)(=O)O)OS(=O)(=O)O. The first-order valence-corrected chi connectivity index (χ1v) is 7.37. The Morgan fingerprint density at radius 2 is 1.53 bits per heavy atom. The molecule has 1 unspecified atom stereocenters. The van der Waals surface area contributed by atoms with Gasteiger partial charge in [0.2, 0.25) is 0 Å². The van der Waals surface area contributed by atoms with Crippen molar-refractivity contribution in [2.75, 3.05) is 13.2 Å². The molecular formula is C3H8O11S3. The molecule has 0 aromatic heterocycles. The number of rotatable bonds is 8. The minimum absolute atomic E-state index is 0.936. The average molecular weight is 316 g/mol. The second-order valence-electron chi connectivity index (χ2n) is 2.38. The van der Waals surface area contributed by atoms with Gasteiger partial charge in [0.15, 0.2) is 0 Å². The molecule has 1 atom stereocenters. The zero-order chi connectivity index (χ0) is 13.7. The van der Waals surface area contributed by atoms with Gasteiger partial charge in [-0.3, -0.25) is 13.3 Å². The van der Waals surface area contributed by atoms with Gasteiger partial charge in [0, 0.05) is 0 Å². The summed E-state index contributed by atoms with van der Waals surface area (Å²) in [6.07, 6.45) is -1.78. The van der Waals surface area contributed by atoms with Crippen LogP contribution in [0, 0.1) is 0 Å². The summed E-state index contributed by atoms with van der Waals surface area (Å²) in [5.41, 5.74) is 0. The van der Waals surface area contributed by atoms with Gasteiger partial charge in [0.25, 0.3) is 11.0 Å². The van der Waals surface area contributed by atoms with E-state index < -0.39 is 51.1 Å². The maximum atomic E-state index is 10.3. The van der Waals surface area contributed by atoms with Crippen LogP contribution >= 0.6 is 0 Å². The van der Waals surface area contributed by atoms with Crippen LogP contribution < -0.4 is 0 Å². The molecule has 0 radical (unpaired) electrons. The predicted molar refractivity (Wildman–Crippen MR) is 50.2 cm³/mol. The van der Waals surface area contributed by atoms with E-state index in [2.05, 4.69) is 12.5 Å². The van der Waals surface area contributed by atoms with E-state index in [1.807, 2.05) is 0 Å².